The Balaban J connectivity index is 1.51. The van der Waals surface area contributed by atoms with Crippen molar-refractivity contribution in [1.82, 2.24) is 9.80 Å². The van der Waals surface area contributed by atoms with E-state index in [1.54, 1.807) is 0 Å². The van der Waals surface area contributed by atoms with Gasteiger partial charge in [-0.05, 0) is 30.7 Å². The second-order valence-corrected chi connectivity index (χ2v) is 10.7. The first-order valence-electron chi connectivity index (χ1n) is 9.38. The molecule has 2 saturated heterocycles. The summed E-state index contributed by atoms with van der Waals surface area (Å²) in [5, 5.41) is 0. The molecule has 0 spiro atoms. The molecule has 2 fully saturated rings. The fourth-order valence-corrected chi connectivity index (χ4v) is 7.36. The van der Waals surface area contributed by atoms with Crippen molar-refractivity contribution < 1.29 is 8.42 Å². The van der Waals surface area contributed by atoms with Crippen LogP contribution in [0.1, 0.15) is 18.2 Å². The van der Waals surface area contributed by atoms with Gasteiger partial charge in [0.05, 0.1) is 11.5 Å². The van der Waals surface area contributed by atoms with E-state index in [-0.39, 0.29) is 12.1 Å². The molecule has 2 atom stereocenters. The summed E-state index contributed by atoms with van der Waals surface area (Å²) >= 11 is 1.82. The second kappa shape index (κ2) is 7.43. The summed E-state index contributed by atoms with van der Waals surface area (Å²) in [6, 6.07) is 15.1. The maximum atomic E-state index is 12.3. The Kier molecular flexibility index (Phi) is 5.19. The Morgan fingerprint density at radius 3 is 2.42 bits per heavy atom. The van der Waals surface area contributed by atoms with Gasteiger partial charge in [0.15, 0.2) is 9.84 Å². The first kappa shape index (κ1) is 18.2. The topological polar surface area (TPSA) is 40.6 Å². The molecule has 0 aliphatic carbocycles. The third-order valence-corrected chi connectivity index (χ3v) is 8.31. The molecule has 0 saturated carbocycles. The van der Waals surface area contributed by atoms with Gasteiger partial charge in [0.1, 0.15) is 0 Å². The standard InChI is InChI=1S/C20H26N2O2S2/c1-2-10-21-11-12-22(19-15-26(23,24)14-18(19)21)13-17-8-9-20(25-17)16-6-4-3-5-7-16/h3-9,18-19H,2,10-15H2,1H3/t18-,19+/m1/s1. The zero-order valence-electron chi connectivity index (χ0n) is 15.2. The molecule has 1 aromatic carbocycles. The molecule has 0 N–H and O–H groups in total. The summed E-state index contributed by atoms with van der Waals surface area (Å²) in [7, 11) is -2.92. The van der Waals surface area contributed by atoms with E-state index in [1.807, 2.05) is 17.4 Å². The van der Waals surface area contributed by atoms with Gasteiger partial charge in [-0.2, -0.15) is 0 Å². The predicted octanol–water partition coefficient (Wildman–Crippen LogP) is 3.11. The first-order chi connectivity index (χ1) is 12.6. The zero-order chi connectivity index (χ0) is 18.1. The Hall–Kier alpha value is -1.21. The van der Waals surface area contributed by atoms with Crippen LogP contribution < -0.4 is 0 Å². The molecule has 2 aliphatic heterocycles. The molecule has 0 unspecified atom stereocenters. The summed E-state index contributed by atoms with van der Waals surface area (Å²) in [5.74, 6) is 0.642. The van der Waals surface area contributed by atoms with Crippen LogP contribution in [0.5, 0.6) is 0 Å². The van der Waals surface area contributed by atoms with E-state index in [2.05, 4.69) is 53.1 Å². The van der Waals surface area contributed by atoms with Gasteiger partial charge in [-0.25, -0.2) is 8.42 Å². The number of fused-ring (bicyclic) bond motifs is 1. The van der Waals surface area contributed by atoms with Gasteiger partial charge in [-0.1, -0.05) is 37.3 Å². The average molecular weight is 391 g/mol. The molecule has 0 radical (unpaired) electrons. The number of benzene rings is 1. The molecule has 4 nitrogen and oxygen atoms in total. The molecule has 0 amide bonds. The minimum Gasteiger partial charge on any atom is -0.297 e. The van der Waals surface area contributed by atoms with Gasteiger partial charge in [-0.15, -0.1) is 11.3 Å². The molecular formula is C20H26N2O2S2. The quantitative estimate of drug-likeness (QED) is 0.787. The van der Waals surface area contributed by atoms with Crippen molar-refractivity contribution in [3.8, 4) is 10.4 Å². The highest BCUT2D eigenvalue weighted by Gasteiger charge is 2.46. The lowest BCUT2D eigenvalue weighted by molar-refractivity contribution is 0.0412. The van der Waals surface area contributed by atoms with Gasteiger partial charge in [-0.3, -0.25) is 9.80 Å². The van der Waals surface area contributed by atoms with Crippen LogP contribution in [0.3, 0.4) is 0 Å². The summed E-state index contributed by atoms with van der Waals surface area (Å²) in [6.07, 6.45) is 1.08. The van der Waals surface area contributed by atoms with Crippen LogP contribution in [-0.4, -0.2) is 61.4 Å². The van der Waals surface area contributed by atoms with Crippen LogP contribution in [0.4, 0.5) is 0 Å². The van der Waals surface area contributed by atoms with Gasteiger partial charge in [0, 0.05) is 41.5 Å². The minimum atomic E-state index is -2.92. The van der Waals surface area contributed by atoms with Crippen LogP contribution in [-0.2, 0) is 16.4 Å². The molecule has 2 aromatic rings. The molecule has 3 heterocycles. The van der Waals surface area contributed by atoms with Gasteiger partial charge < -0.3 is 0 Å². The van der Waals surface area contributed by atoms with Crippen molar-refractivity contribution in [3.05, 3.63) is 47.3 Å². The Labute approximate surface area is 160 Å². The van der Waals surface area contributed by atoms with Crippen molar-refractivity contribution >= 4 is 21.2 Å². The highest BCUT2D eigenvalue weighted by Crippen LogP contribution is 2.32. The van der Waals surface area contributed by atoms with E-state index in [0.29, 0.717) is 11.5 Å². The molecule has 140 valence electrons. The van der Waals surface area contributed by atoms with Crippen molar-refractivity contribution in [2.45, 2.75) is 32.0 Å². The minimum absolute atomic E-state index is 0.141. The van der Waals surface area contributed by atoms with E-state index >= 15 is 0 Å². The van der Waals surface area contributed by atoms with Gasteiger partial charge in [0.25, 0.3) is 0 Å². The maximum absolute atomic E-state index is 12.3. The average Bonchev–Trinajstić information content (AvgIpc) is 3.22. The van der Waals surface area contributed by atoms with E-state index in [9.17, 15) is 8.42 Å². The third-order valence-electron chi connectivity index (χ3n) is 5.50. The normalized spacial score (nSPS) is 26.0. The Morgan fingerprint density at radius 2 is 1.69 bits per heavy atom. The molecule has 0 bridgehead atoms. The Morgan fingerprint density at radius 1 is 1.00 bits per heavy atom. The highest BCUT2D eigenvalue weighted by atomic mass is 32.2. The van der Waals surface area contributed by atoms with Gasteiger partial charge >= 0.3 is 0 Å². The van der Waals surface area contributed by atoms with Crippen LogP contribution >= 0.6 is 11.3 Å². The smallest absolute Gasteiger partial charge is 0.153 e. The van der Waals surface area contributed by atoms with Crippen molar-refractivity contribution in [1.29, 1.82) is 0 Å². The highest BCUT2D eigenvalue weighted by molar-refractivity contribution is 7.91. The fraction of sp³-hybridized carbons (Fsp3) is 0.500. The lowest BCUT2D eigenvalue weighted by atomic mass is 10.0. The summed E-state index contributed by atoms with van der Waals surface area (Å²) in [4.78, 5) is 7.40. The lowest BCUT2D eigenvalue weighted by Gasteiger charge is -2.43. The van der Waals surface area contributed by atoms with Crippen LogP contribution in [0.25, 0.3) is 10.4 Å². The van der Waals surface area contributed by atoms with Crippen molar-refractivity contribution in [3.63, 3.8) is 0 Å². The summed E-state index contributed by atoms with van der Waals surface area (Å²) in [6.45, 7) is 5.95. The Bertz CT molecular complexity index is 848. The molecule has 4 rings (SSSR count). The van der Waals surface area contributed by atoms with Gasteiger partial charge in [0.2, 0.25) is 0 Å². The monoisotopic (exact) mass is 390 g/mol. The first-order valence-corrected chi connectivity index (χ1v) is 12.0. The molecule has 2 aliphatic rings. The fourth-order valence-electron chi connectivity index (χ4n) is 4.28. The van der Waals surface area contributed by atoms with E-state index in [1.165, 1.54) is 15.3 Å². The number of rotatable bonds is 5. The van der Waals surface area contributed by atoms with Crippen LogP contribution in [0.2, 0.25) is 0 Å². The SMILES string of the molecule is CCCN1CCN(Cc2ccc(-c3ccccc3)s2)[C@H]2CS(=O)(=O)C[C@H]21. The number of hydrogen-bond acceptors (Lipinski definition) is 5. The van der Waals surface area contributed by atoms with E-state index < -0.39 is 9.84 Å². The number of piperazine rings is 1. The van der Waals surface area contributed by atoms with Crippen LogP contribution in [0.15, 0.2) is 42.5 Å². The zero-order valence-corrected chi connectivity index (χ0v) is 16.8. The molecular weight excluding hydrogens is 364 g/mol. The number of sulfone groups is 1. The van der Waals surface area contributed by atoms with Crippen molar-refractivity contribution in [2.75, 3.05) is 31.1 Å². The largest absolute Gasteiger partial charge is 0.297 e. The summed E-state index contributed by atoms with van der Waals surface area (Å²) in [5.41, 5.74) is 1.25. The molecule has 26 heavy (non-hydrogen) atoms. The molecule has 6 heteroatoms. The van der Waals surface area contributed by atoms with E-state index in [4.69, 9.17) is 0 Å². The number of hydrogen-bond donors (Lipinski definition) is 0. The lowest BCUT2D eigenvalue weighted by Crippen LogP contribution is -2.58. The third kappa shape index (κ3) is 3.74. The number of nitrogens with zero attached hydrogens (tertiary/aromatic N) is 2. The van der Waals surface area contributed by atoms with Crippen molar-refractivity contribution in [2.24, 2.45) is 0 Å². The number of thiophene rings is 1. The summed E-state index contributed by atoms with van der Waals surface area (Å²) < 4.78 is 24.6. The molecule has 1 aromatic heterocycles. The second-order valence-electron chi connectivity index (χ2n) is 7.35. The van der Waals surface area contributed by atoms with E-state index in [0.717, 1.165) is 32.6 Å². The maximum Gasteiger partial charge on any atom is 0.153 e. The van der Waals surface area contributed by atoms with Crippen LogP contribution in [0, 0.1) is 0 Å². The predicted molar refractivity (Wildman–Crippen MR) is 108 cm³/mol.